The monoisotopic (exact) mass is 514 g/mol. The molecule has 0 heterocycles. The van der Waals surface area contributed by atoms with Crippen molar-refractivity contribution in [3.63, 3.8) is 0 Å². The maximum absolute atomic E-state index is 12.6. The molecule has 0 aromatic heterocycles. The van der Waals surface area contributed by atoms with Crippen molar-refractivity contribution in [1.29, 1.82) is 0 Å². The molecular formula is C20H26N4O8S2. The molecule has 0 aliphatic rings. The smallest absolute Gasteiger partial charge is 0.303 e. The number of carboxylic acid groups (broad SMARTS) is 2. The zero-order valence-electron chi connectivity index (χ0n) is 17.9. The summed E-state index contributed by atoms with van der Waals surface area (Å²) in [6.07, 6.45) is -0.992. The molecule has 0 saturated carbocycles. The van der Waals surface area contributed by atoms with Gasteiger partial charge in [0.05, 0.1) is 11.5 Å². The molecule has 0 bridgehead atoms. The van der Waals surface area contributed by atoms with Crippen LogP contribution in [0.2, 0.25) is 0 Å². The molecule has 0 aliphatic carbocycles. The number of nitrogens with one attached hydrogen (secondary N) is 4. The maximum Gasteiger partial charge on any atom is 0.303 e. The fourth-order valence-electron chi connectivity index (χ4n) is 2.69. The molecule has 0 unspecified atom stereocenters. The van der Waals surface area contributed by atoms with Crippen LogP contribution in [0.3, 0.4) is 0 Å². The molecule has 2 atom stereocenters. The van der Waals surface area contributed by atoms with Crippen LogP contribution in [0.5, 0.6) is 0 Å². The summed E-state index contributed by atoms with van der Waals surface area (Å²) in [6.45, 7) is 0. The number of carbonyl (C=O) groups is 6. The highest BCUT2D eigenvalue weighted by Gasteiger charge is 2.23. The van der Waals surface area contributed by atoms with Gasteiger partial charge in [-0.05, 0) is 31.0 Å². The lowest BCUT2D eigenvalue weighted by molar-refractivity contribution is -0.138. The van der Waals surface area contributed by atoms with Gasteiger partial charge in [0, 0.05) is 24.2 Å². The average molecular weight is 515 g/mol. The summed E-state index contributed by atoms with van der Waals surface area (Å²) < 4.78 is 0. The lowest BCUT2D eigenvalue weighted by Crippen LogP contribution is -2.45. The number of hydrogen-bond acceptors (Lipinski definition) is 8. The zero-order chi connectivity index (χ0) is 25.7. The maximum atomic E-state index is 12.6. The van der Waals surface area contributed by atoms with E-state index in [2.05, 4.69) is 46.5 Å². The van der Waals surface area contributed by atoms with Gasteiger partial charge in [-0.3, -0.25) is 28.8 Å². The highest BCUT2D eigenvalue weighted by molar-refractivity contribution is 7.81. The number of thiol groups is 2. The summed E-state index contributed by atoms with van der Waals surface area (Å²) in [6, 6.07) is 3.69. The van der Waals surface area contributed by atoms with E-state index in [-0.39, 0.29) is 48.6 Å². The number of rotatable bonds is 14. The highest BCUT2D eigenvalue weighted by Crippen LogP contribution is 2.17. The number of aliphatic carboxylic acids is 2. The van der Waals surface area contributed by atoms with E-state index in [1.807, 2.05) is 0 Å². The van der Waals surface area contributed by atoms with E-state index in [1.165, 1.54) is 24.3 Å². The van der Waals surface area contributed by atoms with Gasteiger partial charge in [-0.25, -0.2) is 0 Å². The first kappa shape index (κ1) is 28.8. The van der Waals surface area contributed by atoms with Crippen molar-refractivity contribution >= 4 is 72.2 Å². The van der Waals surface area contributed by atoms with E-state index < -0.39 is 47.7 Å². The Bertz CT molecular complexity index is 858. The molecule has 12 nitrogen and oxygen atoms in total. The minimum Gasteiger partial charge on any atom is -0.481 e. The number of amides is 4. The first-order valence-corrected chi connectivity index (χ1v) is 11.3. The second-order valence-corrected chi connectivity index (χ2v) is 7.61. The molecule has 34 heavy (non-hydrogen) atoms. The molecule has 0 saturated heterocycles. The second kappa shape index (κ2) is 14.8. The third kappa shape index (κ3) is 11.0. The van der Waals surface area contributed by atoms with Crippen LogP contribution in [-0.4, -0.2) is 69.4 Å². The van der Waals surface area contributed by atoms with Crippen molar-refractivity contribution in [2.24, 2.45) is 0 Å². The van der Waals surface area contributed by atoms with E-state index in [9.17, 15) is 28.8 Å². The molecule has 1 aromatic carbocycles. The van der Waals surface area contributed by atoms with E-state index in [1.54, 1.807) is 0 Å². The Balaban J connectivity index is 2.91. The van der Waals surface area contributed by atoms with Crippen LogP contribution in [0.15, 0.2) is 24.3 Å². The summed E-state index contributed by atoms with van der Waals surface area (Å²) in [7, 11) is 0. The first-order valence-electron chi connectivity index (χ1n) is 10.0. The van der Waals surface area contributed by atoms with Crippen LogP contribution >= 0.6 is 25.3 Å². The van der Waals surface area contributed by atoms with E-state index >= 15 is 0 Å². The van der Waals surface area contributed by atoms with E-state index in [0.717, 1.165) is 0 Å². The number of hydrogen-bond donors (Lipinski definition) is 8. The van der Waals surface area contributed by atoms with Gasteiger partial charge in [-0.15, -0.1) is 0 Å². The summed E-state index contributed by atoms with van der Waals surface area (Å²) in [5.41, 5.74) is 0.481. The van der Waals surface area contributed by atoms with Gasteiger partial charge in [0.15, 0.2) is 0 Å². The topological polar surface area (TPSA) is 191 Å². The Hall–Kier alpha value is -3.26. The third-order valence-electron chi connectivity index (χ3n) is 4.28. The van der Waals surface area contributed by atoms with E-state index in [0.29, 0.717) is 0 Å². The average Bonchev–Trinajstić information content (AvgIpc) is 2.78. The van der Waals surface area contributed by atoms with Crippen molar-refractivity contribution in [1.82, 2.24) is 10.6 Å². The van der Waals surface area contributed by atoms with Crippen LogP contribution in [-0.2, 0) is 28.8 Å². The predicted molar refractivity (Wildman–Crippen MR) is 129 cm³/mol. The second-order valence-electron chi connectivity index (χ2n) is 6.98. The van der Waals surface area contributed by atoms with Gasteiger partial charge in [0.1, 0.15) is 12.1 Å². The Morgan fingerprint density at radius 2 is 1.12 bits per heavy atom. The van der Waals surface area contributed by atoms with Crippen molar-refractivity contribution in [2.75, 3.05) is 22.1 Å². The number of carbonyl (C=O) groups excluding carboxylic acids is 4. The predicted octanol–water partition coefficient (Wildman–Crippen LogP) is 0.122. The number of anilines is 2. The van der Waals surface area contributed by atoms with Crippen molar-refractivity contribution < 1.29 is 39.0 Å². The molecule has 186 valence electrons. The SMILES string of the molecule is O=C(O)CC[C@H](NC(=O)CS)C(=O)Nc1cccc(NC(=O)[C@H](CCC(=O)O)NC(=O)CS)c1. The Morgan fingerprint density at radius 3 is 1.44 bits per heavy atom. The standard InChI is InChI=1S/C20H26N4O8S2/c25-15(9-33)23-13(4-6-17(27)28)19(31)21-11-2-1-3-12(8-11)22-20(32)14(5-7-18(29)30)24-16(26)10-34/h1-3,8,13-14,33-34H,4-7,9-10H2,(H,21,31)(H,22,32)(H,23,25)(H,24,26)(H,27,28)(H,29,30)/t13-,14-/m0/s1. The lowest BCUT2D eigenvalue weighted by atomic mass is 10.1. The number of benzene rings is 1. The van der Waals surface area contributed by atoms with Crippen LogP contribution in [0.4, 0.5) is 11.4 Å². The fraction of sp³-hybridized carbons (Fsp3) is 0.400. The summed E-state index contributed by atoms with van der Waals surface area (Å²) in [5.74, 6) is -5.08. The molecule has 1 rings (SSSR count). The van der Waals surface area contributed by atoms with Crippen LogP contribution < -0.4 is 21.3 Å². The highest BCUT2D eigenvalue weighted by atomic mass is 32.1. The largest absolute Gasteiger partial charge is 0.481 e. The van der Waals surface area contributed by atoms with Crippen molar-refractivity contribution in [3.8, 4) is 0 Å². The van der Waals surface area contributed by atoms with Crippen LogP contribution in [0.25, 0.3) is 0 Å². The molecule has 0 spiro atoms. The molecular weight excluding hydrogens is 488 g/mol. The quantitative estimate of drug-likeness (QED) is 0.161. The molecule has 14 heteroatoms. The van der Waals surface area contributed by atoms with Crippen molar-refractivity contribution in [3.05, 3.63) is 24.3 Å². The summed E-state index contributed by atoms with van der Waals surface area (Å²) >= 11 is 7.64. The Labute approximate surface area is 206 Å². The van der Waals surface area contributed by atoms with Gasteiger partial charge in [0.25, 0.3) is 0 Å². The van der Waals surface area contributed by atoms with Crippen LogP contribution in [0, 0.1) is 0 Å². The summed E-state index contributed by atoms with van der Waals surface area (Å²) in [5, 5.41) is 27.6. The van der Waals surface area contributed by atoms with Gasteiger partial charge in [0.2, 0.25) is 23.6 Å². The van der Waals surface area contributed by atoms with Crippen molar-refractivity contribution in [2.45, 2.75) is 37.8 Å². The Kier molecular flexibility index (Phi) is 12.5. The first-order chi connectivity index (χ1) is 16.0. The van der Waals surface area contributed by atoms with E-state index in [4.69, 9.17) is 10.2 Å². The third-order valence-corrected chi connectivity index (χ3v) is 4.86. The molecule has 4 amide bonds. The molecule has 0 aliphatic heterocycles. The normalized spacial score (nSPS) is 12.1. The minimum atomic E-state index is -1.13. The summed E-state index contributed by atoms with van der Waals surface area (Å²) in [4.78, 5) is 70.1. The Morgan fingerprint density at radius 1 is 0.735 bits per heavy atom. The molecule has 6 N–H and O–H groups in total. The molecule has 0 fully saturated rings. The fourth-order valence-corrected chi connectivity index (χ4v) is 2.87. The molecule has 1 aromatic rings. The lowest BCUT2D eigenvalue weighted by Gasteiger charge is -2.19. The van der Waals surface area contributed by atoms with Gasteiger partial charge < -0.3 is 31.5 Å². The van der Waals surface area contributed by atoms with Gasteiger partial charge in [-0.2, -0.15) is 25.3 Å². The zero-order valence-corrected chi connectivity index (χ0v) is 19.7. The minimum absolute atomic E-state index is 0.146. The van der Waals surface area contributed by atoms with Gasteiger partial charge in [-0.1, -0.05) is 6.07 Å². The van der Waals surface area contributed by atoms with Gasteiger partial charge >= 0.3 is 11.9 Å². The van der Waals surface area contributed by atoms with Crippen LogP contribution in [0.1, 0.15) is 25.7 Å². The number of carboxylic acids is 2. The molecule has 0 radical (unpaired) electrons.